The number of aryl methyl sites for hydroxylation is 1. The topological polar surface area (TPSA) is 142 Å². The SMILES string of the molecule is COc1ccc(C(=O)NC(=Cc2ccc(-c3cccc([N+](=O)[O-])c3)o2)C(=O)NCCCn2ccnc2)cc1. The van der Waals surface area contributed by atoms with Gasteiger partial charge in [0.2, 0.25) is 0 Å². The summed E-state index contributed by atoms with van der Waals surface area (Å²) in [6.07, 6.45) is 7.27. The third kappa shape index (κ3) is 6.72. The number of methoxy groups -OCH3 is 1. The number of aromatic nitrogens is 2. The van der Waals surface area contributed by atoms with Crippen molar-refractivity contribution in [2.24, 2.45) is 0 Å². The molecule has 2 aromatic heterocycles. The molecular weight excluding hydrogens is 490 g/mol. The lowest BCUT2D eigenvalue weighted by atomic mass is 10.1. The van der Waals surface area contributed by atoms with E-state index in [0.29, 0.717) is 42.1 Å². The molecule has 38 heavy (non-hydrogen) atoms. The standard InChI is InChI=1S/C27H25N5O6/c1-37-22-8-6-19(7-9-22)26(33)30-24(27(34)29-12-3-14-31-15-13-28-18-31)17-23-10-11-25(38-23)20-4-2-5-21(16-20)32(35)36/h2,4-11,13,15-18H,3,12,14H2,1H3,(H,29,34)(H,30,33). The molecule has 2 aromatic carbocycles. The van der Waals surface area contributed by atoms with Crippen molar-refractivity contribution in [1.29, 1.82) is 0 Å². The Kier molecular flexibility index (Phi) is 8.29. The number of benzene rings is 2. The highest BCUT2D eigenvalue weighted by Crippen LogP contribution is 2.26. The van der Waals surface area contributed by atoms with Gasteiger partial charge in [-0.05, 0) is 42.8 Å². The van der Waals surface area contributed by atoms with Crippen LogP contribution in [0.5, 0.6) is 5.75 Å². The molecule has 4 aromatic rings. The van der Waals surface area contributed by atoms with Gasteiger partial charge in [0, 0.05) is 54.8 Å². The smallest absolute Gasteiger partial charge is 0.270 e. The van der Waals surface area contributed by atoms with Crippen LogP contribution in [0.15, 0.2) is 89.5 Å². The van der Waals surface area contributed by atoms with Gasteiger partial charge in [0.1, 0.15) is 23.0 Å². The average Bonchev–Trinajstić information content (AvgIpc) is 3.63. The van der Waals surface area contributed by atoms with Crippen molar-refractivity contribution in [3.05, 3.63) is 107 Å². The summed E-state index contributed by atoms with van der Waals surface area (Å²) < 4.78 is 12.8. The fourth-order valence-electron chi connectivity index (χ4n) is 3.57. The molecule has 0 radical (unpaired) electrons. The first kappa shape index (κ1) is 25.9. The van der Waals surface area contributed by atoms with Crippen LogP contribution in [-0.4, -0.2) is 39.9 Å². The van der Waals surface area contributed by atoms with Crippen LogP contribution < -0.4 is 15.4 Å². The normalized spacial score (nSPS) is 11.1. The van der Waals surface area contributed by atoms with Crippen molar-refractivity contribution in [3.63, 3.8) is 0 Å². The molecule has 11 nitrogen and oxygen atoms in total. The number of ether oxygens (including phenoxy) is 1. The zero-order valence-corrected chi connectivity index (χ0v) is 20.5. The second kappa shape index (κ2) is 12.2. The van der Waals surface area contributed by atoms with Crippen LogP contribution in [-0.2, 0) is 11.3 Å². The summed E-state index contributed by atoms with van der Waals surface area (Å²) in [5.41, 5.74) is 0.750. The molecule has 4 rings (SSSR count). The van der Waals surface area contributed by atoms with Crippen molar-refractivity contribution in [3.8, 4) is 17.1 Å². The molecule has 0 atom stereocenters. The van der Waals surface area contributed by atoms with Gasteiger partial charge in [0.15, 0.2) is 0 Å². The first-order valence-corrected chi connectivity index (χ1v) is 11.7. The molecule has 2 heterocycles. The number of rotatable bonds is 11. The Bertz CT molecular complexity index is 1440. The number of hydrogen-bond acceptors (Lipinski definition) is 7. The highest BCUT2D eigenvalue weighted by molar-refractivity contribution is 6.05. The zero-order valence-electron chi connectivity index (χ0n) is 20.5. The fraction of sp³-hybridized carbons (Fsp3) is 0.148. The number of nitrogens with zero attached hydrogens (tertiary/aromatic N) is 3. The summed E-state index contributed by atoms with van der Waals surface area (Å²) >= 11 is 0. The summed E-state index contributed by atoms with van der Waals surface area (Å²) in [4.78, 5) is 40.5. The van der Waals surface area contributed by atoms with Crippen molar-refractivity contribution in [2.75, 3.05) is 13.7 Å². The van der Waals surface area contributed by atoms with E-state index in [0.717, 1.165) is 0 Å². The van der Waals surface area contributed by atoms with Crippen LogP contribution in [0.3, 0.4) is 0 Å². The van der Waals surface area contributed by atoms with Crippen LogP contribution in [0.25, 0.3) is 17.4 Å². The van der Waals surface area contributed by atoms with Crippen LogP contribution in [0.4, 0.5) is 5.69 Å². The first-order chi connectivity index (χ1) is 18.4. The zero-order chi connectivity index (χ0) is 26.9. The van der Waals surface area contributed by atoms with Gasteiger partial charge in [-0.1, -0.05) is 12.1 Å². The Hall–Kier alpha value is -5.19. The molecular formula is C27H25N5O6. The van der Waals surface area contributed by atoms with E-state index in [1.165, 1.54) is 25.3 Å². The molecule has 0 spiro atoms. The molecule has 0 saturated carbocycles. The van der Waals surface area contributed by atoms with Gasteiger partial charge < -0.3 is 24.4 Å². The van der Waals surface area contributed by atoms with Gasteiger partial charge in [-0.15, -0.1) is 0 Å². The van der Waals surface area contributed by atoms with Gasteiger partial charge in [-0.25, -0.2) is 4.98 Å². The van der Waals surface area contributed by atoms with Crippen LogP contribution >= 0.6 is 0 Å². The molecule has 0 aliphatic rings. The highest BCUT2D eigenvalue weighted by Gasteiger charge is 2.16. The number of furan rings is 1. The number of nitro groups is 1. The van der Waals surface area contributed by atoms with Crippen molar-refractivity contribution in [2.45, 2.75) is 13.0 Å². The predicted octanol–water partition coefficient (Wildman–Crippen LogP) is 4.04. The van der Waals surface area contributed by atoms with E-state index in [2.05, 4.69) is 15.6 Å². The minimum atomic E-state index is -0.495. The summed E-state index contributed by atoms with van der Waals surface area (Å²) in [5, 5.41) is 16.6. The molecule has 0 saturated heterocycles. The molecule has 0 aliphatic carbocycles. The van der Waals surface area contributed by atoms with Crippen LogP contribution in [0, 0.1) is 10.1 Å². The Morgan fingerprint density at radius 3 is 2.68 bits per heavy atom. The van der Waals surface area contributed by atoms with E-state index < -0.39 is 16.7 Å². The third-order valence-electron chi connectivity index (χ3n) is 5.54. The molecule has 0 bridgehead atoms. The van der Waals surface area contributed by atoms with E-state index in [1.54, 1.807) is 61.1 Å². The number of non-ortho nitro benzene ring substituents is 1. The first-order valence-electron chi connectivity index (χ1n) is 11.7. The fourth-order valence-corrected chi connectivity index (χ4v) is 3.57. The Labute approximate surface area is 217 Å². The number of carbonyl (C=O) groups is 2. The van der Waals surface area contributed by atoms with E-state index in [9.17, 15) is 19.7 Å². The number of nitrogens with one attached hydrogen (secondary N) is 2. The van der Waals surface area contributed by atoms with Crippen molar-refractivity contribution in [1.82, 2.24) is 20.2 Å². The molecule has 0 fully saturated rings. The lowest BCUT2D eigenvalue weighted by Gasteiger charge is -2.11. The second-order valence-electron chi connectivity index (χ2n) is 8.16. The summed E-state index contributed by atoms with van der Waals surface area (Å²) in [5.74, 6) is 0.271. The molecule has 2 amide bonds. The maximum Gasteiger partial charge on any atom is 0.270 e. The summed E-state index contributed by atoms with van der Waals surface area (Å²) in [6.45, 7) is 1.03. The summed E-state index contributed by atoms with van der Waals surface area (Å²) in [6, 6.07) is 15.7. The van der Waals surface area contributed by atoms with E-state index in [1.807, 2.05) is 10.8 Å². The average molecular weight is 516 g/mol. The summed E-state index contributed by atoms with van der Waals surface area (Å²) in [7, 11) is 1.53. The quantitative estimate of drug-likeness (QED) is 0.133. The van der Waals surface area contributed by atoms with Crippen LogP contribution in [0.2, 0.25) is 0 Å². The van der Waals surface area contributed by atoms with Gasteiger partial charge in [-0.3, -0.25) is 19.7 Å². The molecule has 0 unspecified atom stereocenters. The maximum atomic E-state index is 13.0. The van der Waals surface area contributed by atoms with Crippen LogP contribution in [0.1, 0.15) is 22.5 Å². The van der Waals surface area contributed by atoms with E-state index in [4.69, 9.17) is 9.15 Å². The number of carbonyl (C=O) groups excluding carboxylic acids is 2. The minimum Gasteiger partial charge on any atom is -0.497 e. The van der Waals surface area contributed by atoms with E-state index in [-0.39, 0.29) is 17.1 Å². The van der Waals surface area contributed by atoms with E-state index >= 15 is 0 Å². The predicted molar refractivity (Wildman–Crippen MR) is 139 cm³/mol. The molecule has 11 heteroatoms. The molecule has 194 valence electrons. The lowest BCUT2D eigenvalue weighted by molar-refractivity contribution is -0.384. The number of hydrogen-bond donors (Lipinski definition) is 2. The van der Waals surface area contributed by atoms with Gasteiger partial charge in [-0.2, -0.15) is 0 Å². The molecule has 2 N–H and O–H groups in total. The lowest BCUT2D eigenvalue weighted by Crippen LogP contribution is -2.35. The number of nitro benzene ring substituents is 1. The largest absolute Gasteiger partial charge is 0.497 e. The molecule has 0 aliphatic heterocycles. The third-order valence-corrected chi connectivity index (χ3v) is 5.54. The Morgan fingerprint density at radius 2 is 1.97 bits per heavy atom. The Balaban J connectivity index is 1.52. The van der Waals surface area contributed by atoms with Gasteiger partial charge in [0.25, 0.3) is 17.5 Å². The minimum absolute atomic E-state index is 0.0200. The van der Waals surface area contributed by atoms with Gasteiger partial charge >= 0.3 is 0 Å². The second-order valence-corrected chi connectivity index (χ2v) is 8.16. The number of imidazole rings is 1. The van der Waals surface area contributed by atoms with Gasteiger partial charge in [0.05, 0.1) is 18.4 Å². The highest BCUT2D eigenvalue weighted by atomic mass is 16.6. The maximum absolute atomic E-state index is 13.0. The monoisotopic (exact) mass is 515 g/mol. The Morgan fingerprint density at radius 1 is 1.16 bits per heavy atom. The number of amides is 2. The van der Waals surface area contributed by atoms with Crippen molar-refractivity contribution < 1.29 is 23.7 Å². The van der Waals surface area contributed by atoms with Crippen molar-refractivity contribution >= 4 is 23.6 Å².